The Hall–Kier alpha value is -1.22. The lowest BCUT2D eigenvalue weighted by Crippen LogP contribution is -2.34. The smallest absolute Gasteiger partial charge is 0.0596 e. The zero-order valence-corrected chi connectivity index (χ0v) is 11.4. The van der Waals surface area contributed by atoms with Crippen LogP contribution in [0.1, 0.15) is 19.3 Å². The summed E-state index contributed by atoms with van der Waals surface area (Å²) >= 11 is 0. The van der Waals surface area contributed by atoms with Gasteiger partial charge in [0.1, 0.15) is 0 Å². The Morgan fingerprint density at radius 3 is 2.83 bits per heavy atom. The molecule has 18 heavy (non-hydrogen) atoms. The maximum absolute atomic E-state index is 3.78. The minimum absolute atomic E-state index is 0.633. The quantitative estimate of drug-likeness (QED) is 0.882. The zero-order valence-electron chi connectivity index (χ0n) is 11.4. The molecule has 1 aromatic carbocycles. The maximum Gasteiger partial charge on any atom is 0.0596 e. The molecule has 2 aliphatic rings. The van der Waals surface area contributed by atoms with E-state index in [-0.39, 0.29) is 0 Å². The molecule has 3 rings (SSSR count). The molecule has 2 unspecified atom stereocenters. The van der Waals surface area contributed by atoms with Gasteiger partial charge in [-0.25, -0.2) is 0 Å². The van der Waals surface area contributed by atoms with Gasteiger partial charge in [-0.3, -0.25) is 4.90 Å². The summed E-state index contributed by atoms with van der Waals surface area (Å²) < 4.78 is 0. The van der Waals surface area contributed by atoms with Crippen LogP contribution in [0, 0.1) is 0 Å². The summed E-state index contributed by atoms with van der Waals surface area (Å²) in [6, 6.07) is 10.0. The van der Waals surface area contributed by atoms with Crippen molar-refractivity contribution in [3.63, 3.8) is 0 Å². The van der Waals surface area contributed by atoms with E-state index in [2.05, 4.69) is 53.5 Å². The first-order chi connectivity index (χ1) is 8.75. The predicted molar refractivity (Wildman–Crippen MR) is 77.4 cm³/mol. The van der Waals surface area contributed by atoms with Gasteiger partial charge < -0.3 is 10.2 Å². The topological polar surface area (TPSA) is 18.5 Å². The summed E-state index contributed by atoms with van der Waals surface area (Å²) in [5.74, 6) is 0. The van der Waals surface area contributed by atoms with Gasteiger partial charge in [0.15, 0.2) is 0 Å². The van der Waals surface area contributed by atoms with E-state index in [0.717, 1.165) is 6.04 Å². The van der Waals surface area contributed by atoms with Crippen molar-refractivity contribution in [1.82, 2.24) is 4.90 Å². The molecular formula is C15H23N3. The van der Waals surface area contributed by atoms with E-state index >= 15 is 0 Å². The average Bonchev–Trinajstić information content (AvgIpc) is 2.94. The fourth-order valence-electron chi connectivity index (χ4n) is 3.44. The van der Waals surface area contributed by atoms with Crippen molar-refractivity contribution >= 4 is 11.4 Å². The summed E-state index contributed by atoms with van der Waals surface area (Å²) in [5, 5.41) is 3.78. The molecule has 3 heteroatoms. The number of benzene rings is 1. The molecule has 1 N–H and O–H groups in total. The highest BCUT2D eigenvalue weighted by Crippen LogP contribution is 2.32. The molecule has 0 aromatic heterocycles. The Balaban J connectivity index is 1.76. The maximum atomic E-state index is 3.78. The lowest BCUT2D eigenvalue weighted by Gasteiger charge is -2.25. The van der Waals surface area contributed by atoms with Crippen LogP contribution in [0.5, 0.6) is 0 Å². The highest BCUT2D eigenvalue weighted by molar-refractivity contribution is 5.69. The molecular weight excluding hydrogens is 222 g/mol. The summed E-state index contributed by atoms with van der Waals surface area (Å²) in [5.41, 5.74) is 2.56. The Kier molecular flexibility index (Phi) is 3.16. The van der Waals surface area contributed by atoms with E-state index in [0.29, 0.717) is 6.04 Å². The summed E-state index contributed by atoms with van der Waals surface area (Å²) in [6.45, 7) is 2.57. The lowest BCUT2D eigenvalue weighted by molar-refractivity contribution is 0.318. The Bertz CT molecular complexity index is 416. The third kappa shape index (κ3) is 2.07. The van der Waals surface area contributed by atoms with Crippen LogP contribution >= 0.6 is 0 Å². The van der Waals surface area contributed by atoms with Gasteiger partial charge >= 0.3 is 0 Å². The zero-order chi connectivity index (χ0) is 12.5. The number of hydrogen-bond acceptors (Lipinski definition) is 3. The van der Waals surface area contributed by atoms with E-state index in [1.54, 1.807) is 0 Å². The van der Waals surface area contributed by atoms with Crippen molar-refractivity contribution in [1.29, 1.82) is 0 Å². The highest BCUT2D eigenvalue weighted by atomic mass is 15.2. The van der Waals surface area contributed by atoms with Crippen molar-refractivity contribution in [3.8, 4) is 0 Å². The van der Waals surface area contributed by atoms with Gasteiger partial charge in [0.25, 0.3) is 0 Å². The van der Waals surface area contributed by atoms with Gasteiger partial charge in [0.05, 0.1) is 11.4 Å². The molecule has 0 radical (unpaired) electrons. The Morgan fingerprint density at radius 1 is 1.17 bits per heavy atom. The molecule has 1 aromatic rings. The molecule has 0 aliphatic carbocycles. The highest BCUT2D eigenvalue weighted by Gasteiger charge is 2.37. The number of rotatable bonds is 3. The molecule has 2 saturated heterocycles. The van der Waals surface area contributed by atoms with Crippen molar-refractivity contribution in [2.75, 3.05) is 37.4 Å². The van der Waals surface area contributed by atoms with Crippen LogP contribution < -0.4 is 10.2 Å². The third-order valence-electron chi connectivity index (χ3n) is 4.33. The fourth-order valence-corrected chi connectivity index (χ4v) is 3.44. The van der Waals surface area contributed by atoms with Gasteiger partial charge in [-0.2, -0.15) is 0 Å². The monoisotopic (exact) mass is 245 g/mol. The third-order valence-corrected chi connectivity index (χ3v) is 4.33. The normalized spacial score (nSPS) is 27.2. The molecule has 0 bridgehead atoms. The van der Waals surface area contributed by atoms with Crippen LogP contribution in [0.15, 0.2) is 24.3 Å². The Morgan fingerprint density at radius 2 is 2.00 bits per heavy atom. The van der Waals surface area contributed by atoms with E-state index < -0.39 is 0 Å². The summed E-state index contributed by atoms with van der Waals surface area (Å²) in [4.78, 5) is 4.83. The predicted octanol–water partition coefficient (Wildman–Crippen LogP) is 2.40. The van der Waals surface area contributed by atoms with E-state index in [1.165, 1.54) is 43.7 Å². The second kappa shape index (κ2) is 4.81. The van der Waals surface area contributed by atoms with Crippen molar-refractivity contribution in [2.24, 2.45) is 0 Å². The van der Waals surface area contributed by atoms with E-state index in [4.69, 9.17) is 0 Å². The van der Waals surface area contributed by atoms with Crippen LogP contribution in [0.2, 0.25) is 0 Å². The molecule has 2 fully saturated rings. The number of nitrogens with zero attached hydrogens (tertiary/aromatic N) is 2. The largest absolute Gasteiger partial charge is 0.379 e. The van der Waals surface area contributed by atoms with Crippen molar-refractivity contribution in [3.05, 3.63) is 24.3 Å². The van der Waals surface area contributed by atoms with E-state index in [9.17, 15) is 0 Å². The molecule has 98 valence electrons. The van der Waals surface area contributed by atoms with Crippen LogP contribution in [-0.2, 0) is 0 Å². The van der Waals surface area contributed by atoms with Gasteiger partial charge in [0.2, 0.25) is 0 Å². The first kappa shape index (κ1) is 11.8. The second-order valence-corrected chi connectivity index (χ2v) is 5.70. The summed E-state index contributed by atoms with van der Waals surface area (Å²) in [7, 11) is 4.22. The number of hydrogen-bond donors (Lipinski definition) is 1. The SMILES string of the molecule is CN(C)c1ccccc1NC1CCN2CCCC12. The number of nitrogens with one attached hydrogen (secondary N) is 1. The van der Waals surface area contributed by atoms with Crippen molar-refractivity contribution < 1.29 is 0 Å². The van der Waals surface area contributed by atoms with Crippen LogP contribution in [-0.4, -0.2) is 44.2 Å². The Labute approximate surface area is 110 Å². The number of anilines is 2. The second-order valence-electron chi connectivity index (χ2n) is 5.70. The first-order valence-electron chi connectivity index (χ1n) is 7.02. The van der Waals surface area contributed by atoms with Crippen LogP contribution in [0.4, 0.5) is 11.4 Å². The van der Waals surface area contributed by atoms with Gasteiger partial charge in [0, 0.05) is 32.7 Å². The van der Waals surface area contributed by atoms with Gasteiger partial charge in [-0.1, -0.05) is 12.1 Å². The first-order valence-corrected chi connectivity index (χ1v) is 7.02. The number of fused-ring (bicyclic) bond motifs is 1. The molecule has 3 nitrogen and oxygen atoms in total. The molecule has 0 spiro atoms. The minimum atomic E-state index is 0.633. The molecule has 2 heterocycles. The summed E-state index contributed by atoms with van der Waals surface area (Å²) in [6.07, 6.45) is 4.02. The molecule has 2 aliphatic heterocycles. The lowest BCUT2D eigenvalue weighted by atomic mass is 10.1. The minimum Gasteiger partial charge on any atom is -0.379 e. The molecule has 0 saturated carbocycles. The van der Waals surface area contributed by atoms with E-state index in [1.807, 2.05) is 0 Å². The standard InChI is InChI=1S/C15H23N3/c1-17(2)14-7-4-3-6-12(14)16-13-9-11-18-10-5-8-15(13)18/h3-4,6-7,13,15-16H,5,8-11H2,1-2H3. The van der Waals surface area contributed by atoms with Gasteiger partial charge in [-0.05, 0) is 37.9 Å². The average molecular weight is 245 g/mol. The fraction of sp³-hybridized carbons (Fsp3) is 0.600. The molecule has 2 atom stereocenters. The van der Waals surface area contributed by atoms with Crippen LogP contribution in [0.3, 0.4) is 0 Å². The van der Waals surface area contributed by atoms with Crippen LogP contribution in [0.25, 0.3) is 0 Å². The van der Waals surface area contributed by atoms with Gasteiger partial charge in [-0.15, -0.1) is 0 Å². The number of para-hydroxylation sites is 2. The molecule has 0 amide bonds. The van der Waals surface area contributed by atoms with Crippen molar-refractivity contribution in [2.45, 2.75) is 31.3 Å².